The van der Waals surface area contributed by atoms with Crippen molar-refractivity contribution in [1.29, 1.82) is 0 Å². The molecule has 2 rings (SSSR count). The number of likely N-dealkylation sites (N-methyl/N-ethyl adjacent to an activating group) is 1. The van der Waals surface area contributed by atoms with Crippen LogP contribution in [0.4, 0.5) is 0 Å². The van der Waals surface area contributed by atoms with Crippen LogP contribution in [0.2, 0.25) is 0 Å². The SMILES string of the molecule is CNC(c1ccccc1)C(C)Oc1cc(C)cc(C)c1. The van der Waals surface area contributed by atoms with Gasteiger partial charge in [-0.1, -0.05) is 36.4 Å². The molecule has 0 bridgehead atoms. The molecule has 2 aromatic carbocycles. The van der Waals surface area contributed by atoms with Crippen molar-refractivity contribution in [3.8, 4) is 5.75 Å². The minimum absolute atomic E-state index is 0.0589. The van der Waals surface area contributed by atoms with Crippen molar-refractivity contribution >= 4 is 0 Å². The second-order valence-corrected chi connectivity index (χ2v) is 5.32. The topological polar surface area (TPSA) is 21.3 Å². The molecule has 0 aliphatic rings. The number of hydrogen-bond acceptors (Lipinski definition) is 2. The second-order valence-electron chi connectivity index (χ2n) is 5.32. The van der Waals surface area contributed by atoms with Crippen molar-refractivity contribution in [1.82, 2.24) is 5.32 Å². The molecule has 20 heavy (non-hydrogen) atoms. The third-order valence-electron chi connectivity index (χ3n) is 3.46. The Bertz CT molecular complexity index is 530. The van der Waals surface area contributed by atoms with E-state index >= 15 is 0 Å². The number of nitrogens with one attached hydrogen (secondary N) is 1. The predicted molar refractivity (Wildman–Crippen MR) is 84.2 cm³/mol. The normalized spacial score (nSPS) is 13.8. The molecule has 0 saturated heterocycles. The van der Waals surface area contributed by atoms with Crippen LogP contribution >= 0.6 is 0 Å². The molecule has 2 unspecified atom stereocenters. The minimum Gasteiger partial charge on any atom is -0.489 e. The summed E-state index contributed by atoms with van der Waals surface area (Å²) < 4.78 is 6.12. The summed E-state index contributed by atoms with van der Waals surface area (Å²) >= 11 is 0. The summed E-state index contributed by atoms with van der Waals surface area (Å²) in [5.74, 6) is 0.936. The average Bonchev–Trinajstić information content (AvgIpc) is 2.39. The van der Waals surface area contributed by atoms with Gasteiger partial charge in [0.25, 0.3) is 0 Å². The number of benzene rings is 2. The number of hydrogen-bond donors (Lipinski definition) is 1. The lowest BCUT2D eigenvalue weighted by atomic mass is 10.0. The number of aryl methyl sites for hydroxylation is 2. The van der Waals surface area contributed by atoms with Crippen molar-refractivity contribution < 1.29 is 4.74 Å². The standard InChI is InChI=1S/C18H23NO/c1-13-10-14(2)12-17(11-13)20-15(3)18(19-4)16-8-6-5-7-9-16/h5-12,15,18-19H,1-4H3. The van der Waals surface area contributed by atoms with Gasteiger partial charge in [-0.25, -0.2) is 0 Å². The quantitative estimate of drug-likeness (QED) is 0.884. The van der Waals surface area contributed by atoms with Gasteiger partial charge < -0.3 is 10.1 Å². The van der Waals surface area contributed by atoms with Gasteiger partial charge in [-0.3, -0.25) is 0 Å². The number of rotatable bonds is 5. The lowest BCUT2D eigenvalue weighted by Crippen LogP contribution is -2.31. The first kappa shape index (κ1) is 14.6. The summed E-state index contributed by atoms with van der Waals surface area (Å²) in [5.41, 5.74) is 3.70. The molecule has 0 heterocycles. The Morgan fingerprint density at radius 1 is 0.950 bits per heavy atom. The van der Waals surface area contributed by atoms with Crippen molar-refractivity contribution in [3.63, 3.8) is 0 Å². The van der Waals surface area contributed by atoms with E-state index in [2.05, 4.69) is 68.6 Å². The van der Waals surface area contributed by atoms with E-state index in [0.29, 0.717) is 0 Å². The van der Waals surface area contributed by atoms with E-state index in [1.165, 1.54) is 16.7 Å². The molecule has 0 aliphatic carbocycles. The maximum atomic E-state index is 6.12. The Balaban J connectivity index is 2.15. The van der Waals surface area contributed by atoms with Crippen LogP contribution in [0.5, 0.6) is 5.75 Å². The average molecular weight is 269 g/mol. The van der Waals surface area contributed by atoms with Crippen LogP contribution in [0.15, 0.2) is 48.5 Å². The van der Waals surface area contributed by atoms with E-state index in [4.69, 9.17) is 4.74 Å². The van der Waals surface area contributed by atoms with E-state index in [1.54, 1.807) is 0 Å². The van der Waals surface area contributed by atoms with Crippen LogP contribution in [-0.4, -0.2) is 13.2 Å². The molecule has 2 nitrogen and oxygen atoms in total. The Hall–Kier alpha value is -1.80. The smallest absolute Gasteiger partial charge is 0.120 e. The predicted octanol–water partition coefficient (Wildman–Crippen LogP) is 4.03. The summed E-state index contributed by atoms with van der Waals surface area (Å²) in [6.07, 6.45) is 0.0589. The van der Waals surface area contributed by atoms with Crippen LogP contribution in [0.25, 0.3) is 0 Å². The molecule has 0 fully saturated rings. The van der Waals surface area contributed by atoms with Gasteiger partial charge in [0.1, 0.15) is 11.9 Å². The van der Waals surface area contributed by atoms with Crippen molar-refractivity contribution in [2.24, 2.45) is 0 Å². The van der Waals surface area contributed by atoms with Crippen molar-refractivity contribution in [3.05, 3.63) is 65.2 Å². The highest BCUT2D eigenvalue weighted by molar-refractivity contribution is 5.33. The third-order valence-corrected chi connectivity index (χ3v) is 3.46. The molecule has 0 spiro atoms. The Kier molecular flexibility index (Phi) is 4.80. The molecule has 0 aliphatic heterocycles. The lowest BCUT2D eigenvalue weighted by Gasteiger charge is -2.25. The monoisotopic (exact) mass is 269 g/mol. The Morgan fingerprint density at radius 2 is 1.55 bits per heavy atom. The van der Waals surface area contributed by atoms with Crippen LogP contribution in [-0.2, 0) is 0 Å². The molecule has 0 aromatic heterocycles. The molecular weight excluding hydrogens is 246 g/mol. The molecular formula is C18H23NO. The lowest BCUT2D eigenvalue weighted by molar-refractivity contribution is 0.175. The van der Waals surface area contributed by atoms with Gasteiger partial charge in [0.15, 0.2) is 0 Å². The van der Waals surface area contributed by atoms with E-state index in [-0.39, 0.29) is 12.1 Å². The van der Waals surface area contributed by atoms with Crippen LogP contribution in [0, 0.1) is 13.8 Å². The van der Waals surface area contributed by atoms with Crippen molar-refractivity contribution in [2.45, 2.75) is 32.9 Å². The second kappa shape index (κ2) is 6.58. The summed E-state index contributed by atoms with van der Waals surface area (Å²) in [6.45, 7) is 6.29. The molecule has 0 amide bonds. The molecule has 106 valence electrons. The maximum absolute atomic E-state index is 6.12. The van der Waals surface area contributed by atoms with Gasteiger partial charge in [0.2, 0.25) is 0 Å². The Labute approximate surface area is 121 Å². The zero-order chi connectivity index (χ0) is 14.5. The van der Waals surface area contributed by atoms with Gasteiger partial charge in [-0.05, 0) is 56.6 Å². The van der Waals surface area contributed by atoms with Gasteiger partial charge in [-0.15, -0.1) is 0 Å². The van der Waals surface area contributed by atoms with Gasteiger partial charge in [0.05, 0.1) is 6.04 Å². The summed E-state index contributed by atoms with van der Waals surface area (Å²) in [6, 6.07) is 16.9. The zero-order valence-corrected chi connectivity index (χ0v) is 12.7. The fraction of sp³-hybridized carbons (Fsp3) is 0.333. The first-order valence-corrected chi connectivity index (χ1v) is 7.07. The summed E-state index contributed by atoms with van der Waals surface area (Å²) in [5, 5.41) is 3.34. The number of ether oxygens (including phenoxy) is 1. The minimum atomic E-state index is 0.0589. The van der Waals surface area contributed by atoms with E-state index in [0.717, 1.165) is 5.75 Å². The highest BCUT2D eigenvalue weighted by atomic mass is 16.5. The van der Waals surface area contributed by atoms with Gasteiger partial charge in [-0.2, -0.15) is 0 Å². The third kappa shape index (κ3) is 3.61. The van der Waals surface area contributed by atoms with Crippen molar-refractivity contribution in [2.75, 3.05) is 7.05 Å². The summed E-state index contributed by atoms with van der Waals surface area (Å²) in [7, 11) is 1.97. The fourth-order valence-corrected chi connectivity index (χ4v) is 2.62. The van der Waals surface area contributed by atoms with Gasteiger partial charge >= 0.3 is 0 Å². The van der Waals surface area contributed by atoms with E-state index in [1.807, 2.05) is 13.1 Å². The molecule has 0 saturated carbocycles. The maximum Gasteiger partial charge on any atom is 0.120 e. The molecule has 2 aromatic rings. The largest absolute Gasteiger partial charge is 0.489 e. The van der Waals surface area contributed by atoms with E-state index < -0.39 is 0 Å². The summed E-state index contributed by atoms with van der Waals surface area (Å²) in [4.78, 5) is 0. The van der Waals surface area contributed by atoms with Gasteiger partial charge in [0, 0.05) is 0 Å². The Morgan fingerprint density at radius 3 is 2.10 bits per heavy atom. The highest BCUT2D eigenvalue weighted by Crippen LogP contribution is 2.23. The molecule has 0 radical (unpaired) electrons. The molecule has 1 N–H and O–H groups in total. The van der Waals surface area contributed by atoms with Crippen LogP contribution in [0.1, 0.15) is 29.7 Å². The highest BCUT2D eigenvalue weighted by Gasteiger charge is 2.19. The molecule has 2 heteroatoms. The first-order valence-electron chi connectivity index (χ1n) is 7.07. The zero-order valence-electron chi connectivity index (χ0n) is 12.7. The van der Waals surface area contributed by atoms with Crippen LogP contribution in [0.3, 0.4) is 0 Å². The fourth-order valence-electron chi connectivity index (χ4n) is 2.62. The first-order chi connectivity index (χ1) is 9.60. The van der Waals surface area contributed by atoms with Crippen LogP contribution < -0.4 is 10.1 Å². The molecule has 2 atom stereocenters. The van der Waals surface area contributed by atoms with E-state index in [9.17, 15) is 0 Å².